The lowest BCUT2D eigenvalue weighted by Gasteiger charge is -2.50. The van der Waals surface area contributed by atoms with Gasteiger partial charge in [0.1, 0.15) is 5.75 Å². The first-order chi connectivity index (χ1) is 25.4. The van der Waals surface area contributed by atoms with Crippen molar-refractivity contribution in [2.45, 2.75) is 31.1 Å². The number of methoxy groups -OCH3 is 1. The van der Waals surface area contributed by atoms with Crippen LogP contribution in [0.4, 0.5) is 15.8 Å². The fourth-order valence-electron chi connectivity index (χ4n) is 8.90. The van der Waals surface area contributed by atoms with Gasteiger partial charge in [0.2, 0.25) is 11.8 Å². The number of rotatable bonds is 6. The molecule has 2 aliphatic carbocycles. The molecule has 8 rings (SSSR count). The van der Waals surface area contributed by atoms with Crippen molar-refractivity contribution < 1.29 is 33.4 Å². The van der Waals surface area contributed by atoms with Crippen molar-refractivity contribution in [3.05, 3.63) is 128 Å². The monoisotopic (exact) mass is 773 g/mol. The lowest BCUT2D eigenvalue weighted by molar-refractivity contribution is -0.138. The number of imide groups is 2. The Bertz CT molecular complexity index is 2280. The number of aryl methyl sites for hydroxylation is 1. The summed E-state index contributed by atoms with van der Waals surface area (Å²) in [5.74, 6) is -7.48. The summed E-state index contributed by atoms with van der Waals surface area (Å²) in [5, 5.41) is 12.1. The molecule has 270 valence electrons. The maximum atomic E-state index is 15.4. The Morgan fingerprint density at radius 3 is 2.30 bits per heavy atom. The Hall–Kier alpha value is -4.90. The molecule has 0 aromatic heterocycles. The molecule has 0 unspecified atom stereocenters. The van der Waals surface area contributed by atoms with Gasteiger partial charge in [-0.25, -0.2) is 9.29 Å². The van der Waals surface area contributed by atoms with Crippen molar-refractivity contribution in [2.24, 2.45) is 23.7 Å². The van der Waals surface area contributed by atoms with Gasteiger partial charge in [0, 0.05) is 16.0 Å². The summed E-state index contributed by atoms with van der Waals surface area (Å²) in [6.45, 7) is 1.82. The van der Waals surface area contributed by atoms with Crippen LogP contribution < -0.4 is 15.1 Å². The van der Waals surface area contributed by atoms with Gasteiger partial charge in [-0.2, -0.15) is 5.01 Å². The van der Waals surface area contributed by atoms with E-state index in [-0.39, 0.29) is 29.5 Å². The molecule has 4 aromatic carbocycles. The zero-order valence-corrected chi connectivity index (χ0v) is 30.5. The third-order valence-electron chi connectivity index (χ3n) is 11.3. The summed E-state index contributed by atoms with van der Waals surface area (Å²) in [5.41, 5.74) is 4.01. The van der Waals surface area contributed by atoms with Crippen molar-refractivity contribution >= 4 is 69.8 Å². The highest BCUT2D eigenvalue weighted by molar-refractivity contribution is 6.36. The maximum absolute atomic E-state index is 15.4. The van der Waals surface area contributed by atoms with E-state index in [1.165, 1.54) is 25.3 Å². The number of benzene rings is 4. The number of halogens is 4. The number of hydrogen-bond donors (Lipinski definition) is 2. The number of carbonyl (C=O) groups is 4. The molecule has 4 aliphatic rings. The van der Waals surface area contributed by atoms with Crippen LogP contribution in [0.2, 0.25) is 15.1 Å². The van der Waals surface area contributed by atoms with Crippen LogP contribution in [-0.2, 0) is 24.6 Å². The number of ether oxygens (including phenoxy) is 1. The third kappa shape index (κ3) is 5.25. The Balaban J connectivity index is 1.33. The molecule has 2 heterocycles. The molecule has 0 bridgehead atoms. The predicted molar refractivity (Wildman–Crippen MR) is 197 cm³/mol. The molecule has 2 N–H and O–H groups in total. The van der Waals surface area contributed by atoms with Crippen LogP contribution in [0.5, 0.6) is 11.5 Å². The second-order valence-electron chi connectivity index (χ2n) is 13.9. The van der Waals surface area contributed by atoms with Crippen molar-refractivity contribution in [1.29, 1.82) is 0 Å². The van der Waals surface area contributed by atoms with E-state index in [1.807, 2.05) is 13.0 Å². The Kier molecular flexibility index (Phi) is 8.55. The van der Waals surface area contributed by atoms with E-state index in [0.29, 0.717) is 38.2 Å². The van der Waals surface area contributed by atoms with E-state index in [2.05, 4.69) is 5.43 Å². The molecule has 0 radical (unpaired) electrons. The van der Waals surface area contributed by atoms with Crippen molar-refractivity contribution in [1.82, 2.24) is 5.01 Å². The minimum atomic E-state index is -1.68. The number of allylic oxidation sites excluding steroid dienone is 2. The van der Waals surface area contributed by atoms with Gasteiger partial charge in [-0.3, -0.25) is 24.6 Å². The summed E-state index contributed by atoms with van der Waals surface area (Å²) >= 11 is 19.1. The first kappa shape index (κ1) is 35.1. The number of phenols is 1. The number of nitrogens with one attached hydrogen (secondary N) is 1. The highest BCUT2D eigenvalue weighted by Gasteiger charge is 2.70. The summed E-state index contributed by atoms with van der Waals surface area (Å²) in [6, 6.07) is 20.2. The molecule has 0 spiro atoms. The molecule has 2 saturated heterocycles. The van der Waals surface area contributed by atoms with Crippen molar-refractivity contribution in [2.75, 3.05) is 17.4 Å². The average molecular weight is 775 g/mol. The van der Waals surface area contributed by atoms with Crippen LogP contribution in [0.25, 0.3) is 0 Å². The summed E-state index contributed by atoms with van der Waals surface area (Å²) < 4.78 is 20.8. The van der Waals surface area contributed by atoms with Crippen LogP contribution in [0.3, 0.4) is 0 Å². The van der Waals surface area contributed by atoms with E-state index in [1.54, 1.807) is 54.6 Å². The molecule has 2 aliphatic heterocycles. The number of fused-ring (bicyclic) bond motifs is 4. The molecule has 13 heteroatoms. The van der Waals surface area contributed by atoms with Crippen LogP contribution >= 0.6 is 34.8 Å². The van der Waals surface area contributed by atoms with Gasteiger partial charge in [0.25, 0.3) is 11.8 Å². The first-order valence-electron chi connectivity index (χ1n) is 16.9. The Labute approximate surface area is 318 Å². The van der Waals surface area contributed by atoms with Gasteiger partial charge in [-0.15, -0.1) is 0 Å². The first-order valence-corrected chi connectivity index (χ1v) is 18.1. The lowest BCUT2D eigenvalue weighted by Crippen LogP contribution is -2.53. The van der Waals surface area contributed by atoms with E-state index in [9.17, 15) is 19.5 Å². The second kappa shape index (κ2) is 12.9. The van der Waals surface area contributed by atoms with Gasteiger partial charge in [-0.05, 0) is 97.0 Å². The van der Waals surface area contributed by atoms with Crippen LogP contribution in [-0.4, -0.2) is 40.9 Å². The fraction of sp³-hybridized carbons (Fsp3) is 0.250. The number of phenolic OH excluding ortho intramolecular Hbond substituents is 1. The zero-order chi connectivity index (χ0) is 37.5. The molecule has 9 nitrogen and oxygen atoms in total. The van der Waals surface area contributed by atoms with Gasteiger partial charge >= 0.3 is 0 Å². The van der Waals surface area contributed by atoms with Crippen LogP contribution in [0.15, 0.2) is 90.5 Å². The van der Waals surface area contributed by atoms with Crippen LogP contribution in [0.1, 0.15) is 35.4 Å². The molecular formula is C40H31Cl3FN3O6. The topological polar surface area (TPSA) is 116 Å². The lowest BCUT2D eigenvalue weighted by atomic mass is 9.49. The van der Waals surface area contributed by atoms with E-state index in [4.69, 9.17) is 39.5 Å². The molecule has 3 fully saturated rings. The quantitative estimate of drug-likeness (QED) is 0.151. The molecular weight excluding hydrogens is 744 g/mol. The minimum absolute atomic E-state index is 0.0225. The number of aromatic hydroxyl groups is 1. The largest absolute Gasteiger partial charge is 0.505 e. The third-order valence-corrected chi connectivity index (χ3v) is 12.3. The normalized spacial score (nSPS) is 26.3. The summed E-state index contributed by atoms with van der Waals surface area (Å²) in [6.07, 6.45) is 2.06. The second-order valence-corrected chi connectivity index (χ2v) is 15.1. The zero-order valence-electron chi connectivity index (χ0n) is 28.3. The SMILES string of the molecule is COc1ccc([C@@]23C(=O)N(Nc4ccc(Cl)cc4Cl)C(=O)[C@@H]2C[C@@H]2C(=CC[C@@H]4C(=O)N(c5ccc(C)c(Cl)c5)C(=O)[C@@H]42)[C@@H]3c2ccc(O)c(F)c2)cc1. The van der Waals surface area contributed by atoms with Crippen molar-refractivity contribution in [3.8, 4) is 11.5 Å². The summed E-state index contributed by atoms with van der Waals surface area (Å²) in [7, 11) is 1.51. The number of amides is 4. The van der Waals surface area contributed by atoms with Crippen molar-refractivity contribution in [3.63, 3.8) is 0 Å². The fourth-order valence-corrected chi connectivity index (χ4v) is 9.52. The Morgan fingerprint density at radius 1 is 0.868 bits per heavy atom. The minimum Gasteiger partial charge on any atom is -0.505 e. The standard InChI is InChI=1S/C40H31Cl3FN3O6/c1-19-3-8-23(17-29(19)42)46-36(49)26-12-11-25-27(34(26)38(46)51)18-28-37(50)47(45-32-13-7-22(41)16-30(32)43)39(52)40(28,21-5-9-24(53-2)10-6-21)35(25)20-4-14-33(48)31(44)15-20/h3-11,13-17,26-28,34-35,45,48H,12,18H2,1-2H3/t26-,27+,28-,34-,35-,40+/m0/s1. The molecule has 4 amide bonds. The Morgan fingerprint density at radius 2 is 1.62 bits per heavy atom. The molecule has 4 aromatic rings. The summed E-state index contributed by atoms with van der Waals surface area (Å²) in [4.78, 5) is 59.8. The molecule has 53 heavy (non-hydrogen) atoms. The molecule has 6 atom stereocenters. The number of carbonyl (C=O) groups excluding carboxylic acids is 4. The smallest absolute Gasteiger partial charge is 0.260 e. The van der Waals surface area contributed by atoms with Gasteiger partial charge < -0.3 is 9.84 Å². The van der Waals surface area contributed by atoms with Gasteiger partial charge in [0.15, 0.2) is 11.6 Å². The maximum Gasteiger partial charge on any atom is 0.260 e. The predicted octanol–water partition coefficient (Wildman–Crippen LogP) is 8.00. The highest BCUT2D eigenvalue weighted by Crippen LogP contribution is 2.64. The van der Waals surface area contributed by atoms with E-state index >= 15 is 9.18 Å². The van der Waals surface area contributed by atoms with E-state index in [0.717, 1.165) is 21.5 Å². The van der Waals surface area contributed by atoms with E-state index < -0.39 is 64.3 Å². The molecule has 1 saturated carbocycles. The number of hydrogen-bond acceptors (Lipinski definition) is 7. The van der Waals surface area contributed by atoms with Crippen LogP contribution in [0, 0.1) is 36.4 Å². The number of anilines is 2. The number of hydrazine groups is 1. The number of nitrogens with zero attached hydrogens (tertiary/aromatic N) is 2. The van der Waals surface area contributed by atoms with Gasteiger partial charge in [-0.1, -0.05) is 70.7 Å². The van der Waals surface area contributed by atoms with Gasteiger partial charge in [0.05, 0.1) is 46.7 Å². The average Bonchev–Trinajstić information content (AvgIpc) is 3.52. The highest BCUT2D eigenvalue weighted by atomic mass is 35.5.